The Morgan fingerprint density at radius 2 is 1.75 bits per heavy atom. The zero-order chi connectivity index (χ0) is 19.8. The topological polar surface area (TPSA) is 128 Å². The highest BCUT2D eigenvalue weighted by Crippen LogP contribution is 2.36. The summed E-state index contributed by atoms with van der Waals surface area (Å²) in [6, 6.07) is 8.89. The Morgan fingerprint density at radius 1 is 1.04 bits per heavy atom. The largest absolute Gasteiger partial charge is 0.454 e. The maximum atomic E-state index is 12.8. The first kappa shape index (κ1) is 17.2. The van der Waals surface area contributed by atoms with Crippen molar-refractivity contribution in [1.29, 1.82) is 0 Å². The number of nitrogens with one attached hydrogen (secondary N) is 1. The van der Waals surface area contributed by atoms with Crippen LogP contribution in [0.5, 0.6) is 11.5 Å². The third-order valence-corrected chi connectivity index (χ3v) is 4.13. The number of barbiturate groups is 1. The van der Waals surface area contributed by atoms with Crippen molar-refractivity contribution in [1.82, 2.24) is 5.32 Å². The molecule has 0 saturated carbocycles. The number of carbonyl (C=O) groups excluding carboxylic acids is 3. The molecular weight excluding hydrogens is 370 g/mol. The Kier molecular flexibility index (Phi) is 4.00. The van der Waals surface area contributed by atoms with E-state index in [1.54, 1.807) is 6.07 Å². The number of carbonyl (C=O) groups is 3. The molecule has 2 aliphatic heterocycles. The molecule has 28 heavy (non-hydrogen) atoms. The number of fused-ring (bicyclic) bond motifs is 1. The van der Waals surface area contributed by atoms with Gasteiger partial charge in [-0.1, -0.05) is 0 Å². The molecular formula is C18H11N3O7. The molecule has 10 nitrogen and oxygen atoms in total. The molecule has 0 spiro atoms. The molecule has 0 bridgehead atoms. The number of ether oxygens (including phenoxy) is 2. The van der Waals surface area contributed by atoms with E-state index in [9.17, 15) is 24.5 Å². The van der Waals surface area contributed by atoms with E-state index in [0.717, 1.165) is 4.90 Å². The molecule has 0 atom stereocenters. The summed E-state index contributed by atoms with van der Waals surface area (Å²) in [7, 11) is 0. The molecule has 10 heteroatoms. The molecule has 2 aliphatic rings. The van der Waals surface area contributed by atoms with Crippen LogP contribution in [0.3, 0.4) is 0 Å². The maximum Gasteiger partial charge on any atom is 0.335 e. The lowest BCUT2D eigenvalue weighted by molar-refractivity contribution is -0.384. The van der Waals surface area contributed by atoms with Gasteiger partial charge in [0.1, 0.15) is 5.57 Å². The van der Waals surface area contributed by atoms with Gasteiger partial charge >= 0.3 is 6.03 Å². The second-order valence-electron chi connectivity index (χ2n) is 5.84. The third-order valence-electron chi connectivity index (χ3n) is 4.13. The molecule has 2 aromatic rings. The fourth-order valence-corrected chi connectivity index (χ4v) is 2.78. The normalized spacial score (nSPS) is 17.1. The van der Waals surface area contributed by atoms with Crippen LogP contribution in [0.15, 0.2) is 48.0 Å². The van der Waals surface area contributed by atoms with Crippen LogP contribution in [0.2, 0.25) is 0 Å². The Bertz CT molecular complexity index is 1060. The standard InChI is InChI=1S/C18H11N3O7/c22-16-13(7-10-1-3-11(4-2-10)21(25)26)17(23)20(18(24)19-16)12-5-6-14-15(8-12)28-9-27-14/h1-8H,9H2,(H,19,22,24)/b13-7+. The smallest absolute Gasteiger partial charge is 0.335 e. The molecule has 0 radical (unpaired) electrons. The zero-order valence-corrected chi connectivity index (χ0v) is 14.1. The summed E-state index contributed by atoms with van der Waals surface area (Å²) in [5.74, 6) is -0.835. The van der Waals surface area contributed by atoms with E-state index in [1.807, 2.05) is 0 Å². The number of imide groups is 2. The van der Waals surface area contributed by atoms with Crippen LogP contribution in [0.1, 0.15) is 5.56 Å². The van der Waals surface area contributed by atoms with Crippen LogP contribution in [0.25, 0.3) is 6.08 Å². The first-order chi connectivity index (χ1) is 13.4. The minimum absolute atomic E-state index is 0.0305. The number of amides is 4. The van der Waals surface area contributed by atoms with Crippen molar-refractivity contribution >= 4 is 35.3 Å². The van der Waals surface area contributed by atoms with Crippen molar-refractivity contribution in [2.75, 3.05) is 11.7 Å². The van der Waals surface area contributed by atoms with Crippen LogP contribution < -0.4 is 19.7 Å². The van der Waals surface area contributed by atoms with Crippen LogP contribution in [-0.4, -0.2) is 29.6 Å². The lowest BCUT2D eigenvalue weighted by atomic mass is 10.1. The highest BCUT2D eigenvalue weighted by atomic mass is 16.7. The predicted octanol–water partition coefficient (Wildman–Crippen LogP) is 1.99. The van der Waals surface area contributed by atoms with E-state index in [1.165, 1.54) is 42.5 Å². The van der Waals surface area contributed by atoms with Crippen molar-refractivity contribution in [2.45, 2.75) is 0 Å². The van der Waals surface area contributed by atoms with E-state index in [2.05, 4.69) is 5.32 Å². The average molecular weight is 381 g/mol. The van der Waals surface area contributed by atoms with E-state index in [4.69, 9.17) is 9.47 Å². The van der Waals surface area contributed by atoms with Crippen molar-refractivity contribution in [3.05, 3.63) is 63.7 Å². The van der Waals surface area contributed by atoms with Gasteiger partial charge in [0.2, 0.25) is 6.79 Å². The van der Waals surface area contributed by atoms with Crippen LogP contribution in [0, 0.1) is 10.1 Å². The fourth-order valence-electron chi connectivity index (χ4n) is 2.78. The molecule has 2 heterocycles. The molecule has 2 aromatic carbocycles. The number of hydrogen-bond acceptors (Lipinski definition) is 7. The predicted molar refractivity (Wildman–Crippen MR) is 94.7 cm³/mol. The number of nitrogens with zero attached hydrogens (tertiary/aromatic N) is 2. The fraction of sp³-hybridized carbons (Fsp3) is 0.0556. The molecule has 0 unspecified atom stereocenters. The van der Waals surface area contributed by atoms with Gasteiger partial charge in [0.15, 0.2) is 11.5 Å². The molecule has 0 aliphatic carbocycles. The SMILES string of the molecule is O=C1NC(=O)N(c2ccc3c(c2)OCO3)C(=O)/C1=C/c1ccc([N+](=O)[O-])cc1. The third kappa shape index (κ3) is 2.92. The Morgan fingerprint density at radius 3 is 2.46 bits per heavy atom. The number of urea groups is 1. The van der Waals surface area contributed by atoms with Crippen molar-refractivity contribution in [3.8, 4) is 11.5 Å². The second-order valence-corrected chi connectivity index (χ2v) is 5.84. The average Bonchev–Trinajstić information content (AvgIpc) is 3.13. The van der Waals surface area contributed by atoms with Gasteiger partial charge < -0.3 is 9.47 Å². The monoisotopic (exact) mass is 381 g/mol. The van der Waals surface area contributed by atoms with Crippen LogP contribution >= 0.6 is 0 Å². The maximum absolute atomic E-state index is 12.8. The van der Waals surface area contributed by atoms with Gasteiger partial charge in [0, 0.05) is 18.2 Å². The van der Waals surface area contributed by atoms with Gasteiger partial charge in [-0.25, -0.2) is 9.69 Å². The summed E-state index contributed by atoms with van der Waals surface area (Å²) < 4.78 is 10.4. The summed E-state index contributed by atoms with van der Waals surface area (Å²) in [5.41, 5.74) is 0.183. The molecule has 4 rings (SSSR count). The number of rotatable bonds is 3. The number of nitro benzene ring substituents is 1. The zero-order valence-electron chi connectivity index (χ0n) is 14.1. The summed E-state index contributed by atoms with van der Waals surface area (Å²) in [6.45, 7) is 0.0305. The van der Waals surface area contributed by atoms with Gasteiger partial charge in [-0.2, -0.15) is 0 Å². The van der Waals surface area contributed by atoms with E-state index >= 15 is 0 Å². The van der Waals surface area contributed by atoms with E-state index in [0.29, 0.717) is 17.1 Å². The summed E-state index contributed by atoms with van der Waals surface area (Å²) in [5, 5.41) is 12.8. The molecule has 1 saturated heterocycles. The Labute approximate surface area is 157 Å². The van der Waals surface area contributed by atoms with Gasteiger partial charge in [0.25, 0.3) is 17.5 Å². The minimum atomic E-state index is -0.894. The van der Waals surface area contributed by atoms with Gasteiger partial charge in [-0.3, -0.25) is 25.0 Å². The quantitative estimate of drug-likeness (QED) is 0.373. The number of anilines is 1. The summed E-state index contributed by atoms with van der Waals surface area (Å²) in [4.78, 5) is 48.2. The number of nitro groups is 1. The van der Waals surface area contributed by atoms with Crippen molar-refractivity contribution in [3.63, 3.8) is 0 Å². The second kappa shape index (κ2) is 6.50. The van der Waals surface area contributed by atoms with Gasteiger partial charge in [0.05, 0.1) is 10.6 Å². The number of non-ortho nitro benzene ring substituents is 1. The van der Waals surface area contributed by atoms with E-state index < -0.39 is 22.8 Å². The number of benzene rings is 2. The molecule has 140 valence electrons. The molecule has 4 amide bonds. The van der Waals surface area contributed by atoms with Crippen LogP contribution in [-0.2, 0) is 9.59 Å². The van der Waals surface area contributed by atoms with Crippen LogP contribution in [0.4, 0.5) is 16.2 Å². The first-order valence-electron chi connectivity index (χ1n) is 7.99. The van der Waals surface area contributed by atoms with Gasteiger partial charge in [-0.05, 0) is 35.9 Å². The molecule has 0 aromatic heterocycles. The minimum Gasteiger partial charge on any atom is -0.454 e. The van der Waals surface area contributed by atoms with E-state index in [-0.39, 0.29) is 23.7 Å². The molecule has 1 fully saturated rings. The summed E-state index contributed by atoms with van der Waals surface area (Å²) in [6.07, 6.45) is 1.26. The highest BCUT2D eigenvalue weighted by molar-refractivity contribution is 6.39. The van der Waals surface area contributed by atoms with Crippen molar-refractivity contribution < 1.29 is 28.8 Å². The van der Waals surface area contributed by atoms with Gasteiger partial charge in [-0.15, -0.1) is 0 Å². The Balaban J connectivity index is 1.68. The Hall–Kier alpha value is -4.21. The summed E-state index contributed by atoms with van der Waals surface area (Å²) >= 11 is 0. The lowest BCUT2D eigenvalue weighted by Crippen LogP contribution is -2.54. The van der Waals surface area contributed by atoms with Crippen molar-refractivity contribution in [2.24, 2.45) is 0 Å². The lowest BCUT2D eigenvalue weighted by Gasteiger charge is -2.26. The number of hydrogen-bond donors (Lipinski definition) is 1. The molecule has 1 N–H and O–H groups in total. The highest BCUT2D eigenvalue weighted by Gasteiger charge is 2.37. The first-order valence-corrected chi connectivity index (χ1v) is 7.99.